The van der Waals surface area contributed by atoms with Gasteiger partial charge in [-0.2, -0.15) is 0 Å². The molecule has 1 aromatic carbocycles. The molecular formula is C13H19NO6S. The lowest BCUT2D eigenvalue weighted by atomic mass is 10.1. The van der Waals surface area contributed by atoms with Crippen LogP contribution in [-0.2, 0) is 21.2 Å². The third-order valence-corrected chi connectivity index (χ3v) is 4.40. The van der Waals surface area contributed by atoms with Crippen molar-refractivity contribution >= 4 is 16.0 Å². The second-order valence-electron chi connectivity index (χ2n) is 5.21. The van der Waals surface area contributed by atoms with Crippen LogP contribution in [0.4, 0.5) is 0 Å². The molecule has 0 radical (unpaired) electrons. The molecule has 0 aromatic heterocycles. The van der Waals surface area contributed by atoms with Crippen LogP contribution in [0, 0.1) is 5.92 Å². The summed E-state index contributed by atoms with van der Waals surface area (Å²) in [4.78, 5) is 11.2. The molecule has 118 valence electrons. The van der Waals surface area contributed by atoms with Crippen molar-refractivity contribution in [2.45, 2.75) is 26.3 Å². The summed E-state index contributed by atoms with van der Waals surface area (Å²) in [6.07, 6.45) is -0.138. The van der Waals surface area contributed by atoms with E-state index in [9.17, 15) is 23.4 Å². The van der Waals surface area contributed by atoms with E-state index in [1.807, 2.05) is 0 Å². The number of carbonyl (C=O) groups is 1. The van der Waals surface area contributed by atoms with Gasteiger partial charge < -0.3 is 15.3 Å². The molecule has 1 aromatic rings. The Balaban J connectivity index is 2.88. The molecule has 8 heteroatoms. The number of sulfonamides is 1. The monoisotopic (exact) mass is 317 g/mol. The number of hydrogen-bond donors (Lipinski definition) is 4. The van der Waals surface area contributed by atoms with E-state index in [2.05, 4.69) is 4.72 Å². The van der Waals surface area contributed by atoms with Crippen LogP contribution in [0.25, 0.3) is 0 Å². The normalized spacial score (nSPS) is 13.3. The molecule has 0 amide bonds. The smallest absolute Gasteiger partial charge is 0.322 e. The molecule has 0 aliphatic heterocycles. The Morgan fingerprint density at radius 3 is 2.33 bits per heavy atom. The molecule has 0 heterocycles. The topological polar surface area (TPSA) is 124 Å². The molecule has 0 bridgehead atoms. The van der Waals surface area contributed by atoms with Gasteiger partial charge in [0.2, 0.25) is 10.0 Å². The zero-order valence-electron chi connectivity index (χ0n) is 11.8. The number of carboxylic acids is 1. The number of phenols is 2. The minimum atomic E-state index is -3.71. The molecule has 0 aliphatic rings. The van der Waals surface area contributed by atoms with Crippen LogP contribution >= 0.6 is 0 Å². The van der Waals surface area contributed by atoms with Crippen molar-refractivity contribution in [3.63, 3.8) is 0 Å². The van der Waals surface area contributed by atoms with E-state index < -0.39 is 22.0 Å². The largest absolute Gasteiger partial charge is 0.504 e. The van der Waals surface area contributed by atoms with Gasteiger partial charge in [-0.3, -0.25) is 4.79 Å². The first kappa shape index (κ1) is 17.3. The van der Waals surface area contributed by atoms with E-state index in [0.29, 0.717) is 5.56 Å². The lowest BCUT2D eigenvalue weighted by Gasteiger charge is -2.16. The number of carboxylic acid groups (broad SMARTS) is 1. The maximum atomic E-state index is 11.8. The van der Waals surface area contributed by atoms with Crippen LogP contribution in [0.1, 0.15) is 19.4 Å². The minimum Gasteiger partial charge on any atom is -0.504 e. The number of aliphatic carboxylic acids is 1. The van der Waals surface area contributed by atoms with Gasteiger partial charge in [0.05, 0.1) is 5.75 Å². The SMILES string of the molecule is CC(C)CS(=O)(=O)N[C@@H](Cc1ccc(O)c(O)c1)C(=O)O. The lowest BCUT2D eigenvalue weighted by molar-refractivity contribution is -0.138. The van der Waals surface area contributed by atoms with Crippen molar-refractivity contribution in [2.24, 2.45) is 5.92 Å². The molecule has 0 spiro atoms. The van der Waals surface area contributed by atoms with Gasteiger partial charge in [0, 0.05) is 0 Å². The number of nitrogens with one attached hydrogen (secondary N) is 1. The molecule has 7 nitrogen and oxygen atoms in total. The highest BCUT2D eigenvalue weighted by atomic mass is 32.2. The van der Waals surface area contributed by atoms with Gasteiger partial charge in [0.1, 0.15) is 6.04 Å². The Labute approximate surface area is 123 Å². The van der Waals surface area contributed by atoms with Gasteiger partial charge in [-0.05, 0) is 30.0 Å². The van der Waals surface area contributed by atoms with Crippen LogP contribution in [0.2, 0.25) is 0 Å². The van der Waals surface area contributed by atoms with Crippen LogP contribution < -0.4 is 4.72 Å². The first-order valence-corrected chi connectivity index (χ1v) is 7.99. The molecular weight excluding hydrogens is 298 g/mol. The predicted octanol–water partition coefficient (Wildman–Crippen LogP) is 0.669. The lowest BCUT2D eigenvalue weighted by Crippen LogP contribution is -2.43. The maximum Gasteiger partial charge on any atom is 0.322 e. The summed E-state index contributed by atoms with van der Waals surface area (Å²) in [5, 5.41) is 27.7. The van der Waals surface area contributed by atoms with Gasteiger partial charge in [0.25, 0.3) is 0 Å². The zero-order valence-corrected chi connectivity index (χ0v) is 12.6. The Bertz CT molecular complexity index is 611. The molecule has 0 fully saturated rings. The summed E-state index contributed by atoms with van der Waals surface area (Å²) in [7, 11) is -3.71. The van der Waals surface area contributed by atoms with E-state index in [4.69, 9.17) is 5.11 Å². The number of rotatable bonds is 7. The van der Waals surface area contributed by atoms with Gasteiger partial charge in [0.15, 0.2) is 11.5 Å². The molecule has 1 atom stereocenters. The summed E-state index contributed by atoms with van der Waals surface area (Å²) in [6.45, 7) is 3.43. The van der Waals surface area contributed by atoms with Crippen LogP contribution in [0.5, 0.6) is 11.5 Å². The third-order valence-electron chi connectivity index (χ3n) is 2.65. The van der Waals surface area contributed by atoms with Crippen LogP contribution in [0.15, 0.2) is 18.2 Å². The Morgan fingerprint density at radius 2 is 1.86 bits per heavy atom. The molecule has 4 N–H and O–H groups in total. The van der Waals surface area contributed by atoms with Crippen molar-refractivity contribution in [1.29, 1.82) is 0 Å². The number of phenolic OH excluding ortho intramolecular Hbond substituents is 2. The summed E-state index contributed by atoms with van der Waals surface area (Å²) in [5.74, 6) is -2.32. The van der Waals surface area contributed by atoms with Gasteiger partial charge in [-0.1, -0.05) is 19.9 Å². The summed E-state index contributed by atoms with van der Waals surface area (Å²) in [5.41, 5.74) is 0.393. The predicted molar refractivity (Wildman–Crippen MR) is 76.7 cm³/mol. The molecule has 0 saturated carbocycles. The van der Waals surface area contributed by atoms with E-state index in [0.717, 1.165) is 0 Å². The van der Waals surface area contributed by atoms with E-state index in [1.165, 1.54) is 18.2 Å². The van der Waals surface area contributed by atoms with Gasteiger partial charge in [-0.25, -0.2) is 13.1 Å². The number of aromatic hydroxyl groups is 2. The molecule has 21 heavy (non-hydrogen) atoms. The van der Waals surface area contributed by atoms with Gasteiger partial charge >= 0.3 is 5.97 Å². The number of benzene rings is 1. The van der Waals surface area contributed by atoms with Gasteiger partial charge in [-0.15, -0.1) is 0 Å². The summed E-state index contributed by atoms with van der Waals surface area (Å²) < 4.78 is 25.7. The van der Waals surface area contributed by atoms with Crippen LogP contribution in [0.3, 0.4) is 0 Å². The van der Waals surface area contributed by atoms with Crippen LogP contribution in [-0.4, -0.2) is 41.5 Å². The van der Waals surface area contributed by atoms with Crippen molar-refractivity contribution in [1.82, 2.24) is 4.72 Å². The quantitative estimate of drug-likeness (QED) is 0.548. The fourth-order valence-electron chi connectivity index (χ4n) is 1.81. The first-order chi connectivity index (χ1) is 9.60. The van der Waals surface area contributed by atoms with E-state index in [1.54, 1.807) is 13.8 Å². The summed E-state index contributed by atoms with van der Waals surface area (Å²) in [6, 6.07) is 2.49. The van der Waals surface area contributed by atoms with Crippen molar-refractivity contribution in [3.05, 3.63) is 23.8 Å². The molecule has 0 unspecified atom stereocenters. The summed E-state index contributed by atoms with van der Waals surface area (Å²) >= 11 is 0. The highest BCUT2D eigenvalue weighted by Crippen LogP contribution is 2.25. The molecule has 0 saturated heterocycles. The first-order valence-electron chi connectivity index (χ1n) is 6.34. The fraction of sp³-hybridized carbons (Fsp3) is 0.462. The zero-order chi connectivity index (χ0) is 16.2. The standard InChI is InChI=1S/C13H19NO6S/c1-8(2)7-21(19,20)14-10(13(17)18)5-9-3-4-11(15)12(16)6-9/h3-4,6,8,10,14-16H,5,7H2,1-2H3,(H,17,18)/t10-/m0/s1. The maximum absolute atomic E-state index is 11.8. The second-order valence-corrected chi connectivity index (χ2v) is 7.01. The highest BCUT2D eigenvalue weighted by molar-refractivity contribution is 7.89. The molecule has 0 aliphatic carbocycles. The fourth-order valence-corrected chi connectivity index (χ4v) is 3.41. The average Bonchev–Trinajstić information content (AvgIpc) is 2.30. The average molecular weight is 317 g/mol. The molecule has 1 rings (SSSR count). The van der Waals surface area contributed by atoms with E-state index in [-0.39, 0.29) is 29.6 Å². The third kappa shape index (κ3) is 5.60. The number of hydrogen-bond acceptors (Lipinski definition) is 5. The Morgan fingerprint density at radius 1 is 1.24 bits per heavy atom. The van der Waals surface area contributed by atoms with E-state index >= 15 is 0 Å². The minimum absolute atomic E-state index is 0.130. The second kappa shape index (κ2) is 6.77. The highest BCUT2D eigenvalue weighted by Gasteiger charge is 2.25. The van der Waals surface area contributed by atoms with Crippen molar-refractivity contribution < 1.29 is 28.5 Å². The van der Waals surface area contributed by atoms with Crippen molar-refractivity contribution in [2.75, 3.05) is 5.75 Å². The Kier molecular flexibility index (Phi) is 5.56. The van der Waals surface area contributed by atoms with Crippen molar-refractivity contribution in [3.8, 4) is 11.5 Å². The Hall–Kier alpha value is -1.80.